The van der Waals surface area contributed by atoms with Crippen LogP contribution in [-0.2, 0) is 28.6 Å². The Morgan fingerprint density at radius 1 is 0.907 bits per heavy atom. The van der Waals surface area contributed by atoms with Gasteiger partial charge in [0.05, 0.1) is 25.1 Å². The average Bonchev–Trinajstić information content (AvgIpc) is 3.26. The molecule has 0 saturated heterocycles. The van der Waals surface area contributed by atoms with Crippen molar-refractivity contribution in [2.45, 2.75) is 30.3 Å². The second kappa shape index (κ2) is 9.69. The summed E-state index contributed by atoms with van der Waals surface area (Å²) in [6, 6.07) is 22.5. The molecule has 0 radical (unpaired) electrons. The van der Waals surface area contributed by atoms with E-state index in [0.29, 0.717) is 28.0 Å². The van der Waals surface area contributed by atoms with Crippen LogP contribution in [0.25, 0.3) is 5.57 Å². The summed E-state index contributed by atoms with van der Waals surface area (Å²) in [5.41, 5.74) is 0.651. The van der Waals surface area contributed by atoms with Crippen LogP contribution in [0.2, 0.25) is 0 Å². The Hall–Kier alpha value is -5.18. The molecule has 1 saturated carbocycles. The van der Waals surface area contributed by atoms with E-state index in [4.69, 9.17) is 4.74 Å². The molecular formula is C34H29N3O6. The van der Waals surface area contributed by atoms with Crippen LogP contribution >= 0.6 is 0 Å². The monoisotopic (exact) mass is 575 g/mol. The van der Waals surface area contributed by atoms with Crippen LogP contribution in [0.1, 0.15) is 35.1 Å². The maximum Gasteiger partial charge on any atom is 0.347 e. The average molecular weight is 576 g/mol. The molecule has 0 unspecified atom stereocenters. The summed E-state index contributed by atoms with van der Waals surface area (Å²) >= 11 is 0. The van der Waals surface area contributed by atoms with Gasteiger partial charge in [-0.2, -0.15) is 0 Å². The summed E-state index contributed by atoms with van der Waals surface area (Å²) in [5, 5.41) is 10.4. The fourth-order valence-corrected chi connectivity index (χ4v) is 7.53. The number of allylic oxidation sites excluding steroid dienone is 4. The fourth-order valence-electron chi connectivity index (χ4n) is 7.53. The molecule has 9 nitrogen and oxygen atoms in total. The molecule has 1 N–H and O–H groups in total. The number of fused-ring (bicyclic) bond motifs is 4. The van der Waals surface area contributed by atoms with Crippen molar-refractivity contribution in [2.24, 2.45) is 13.0 Å². The van der Waals surface area contributed by atoms with E-state index < -0.39 is 34.7 Å². The predicted molar refractivity (Wildman–Crippen MR) is 159 cm³/mol. The lowest BCUT2D eigenvalue weighted by atomic mass is 9.47. The summed E-state index contributed by atoms with van der Waals surface area (Å²) in [7, 11) is 2.92. The van der Waals surface area contributed by atoms with Gasteiger partial charge in [-0.3, -0.25) is 9.59 Å². The van der Waals surface area contributed by atoms with Crippen molar-refractivity contribution in [2.75, 3.05) is 7.11 Å². The van der Waals surface area contributed by atoms with Gasteiger partial charge < -0.3 is 9.84 Å². The van der Waals surface area contributed by atoms with Crippen molar-refractivity contribution in [1.82, 2.24) is 13.9 Å². The smallest absolute Gasteiger partial charge is 0.347 e. The van der Waals surface area contributed by atoms with Crippen molar-refractivity contribution in [1.29, 1.82) is 0 Å². The van der Waals surface area contributed by atoms with E-state index in [1.807, 2.05) is 54.6 Å². The normalized spacial score (nSPS) is 24.4. The number of methoxy groups -OCH3 is 1. The zero-order valence-corrected chi connectivity index (χ0v) is 23.6. The number of aromatic hydroxyl groups is 1. The van der Waals surface area contributed by atoms with Gasteiger partial charge in [-0.05, 0) is 35.3 Å². The Labute approximate surface area is 246 Å². The topological polar surface area (TPSA) is 113 Å². The van der Waals surface area contributed by atoms with Gasteiger partial charge in [-0.15, -0.1) is 0 Å². The summed E-state index contributed by atoms with van der Waals surface area (Å²) < 4.78 is 9.65. The SMILES string of the molecule is COc1cc(O)ccc1[C@H]1C2=CCn3c(=O)n(C)c(=O)n3[C@@H]2C[C@H]2C(=O)C(c3ccccc3)=CC(=O)[C@@]12c1ccccc1. The predicted octanol–water partition coefficient (Wildman–Crippen LogP) is 3.52. The minimum absolute atomic E-state index is 0.0127. The number of phenolic OH excluding ortho intramolecular Hbond substituents is 1. The van der Waals surface area contributed by atoms with Gasteiger partial charge in [-0.25, -0.2) is 23.5 Å². The van der Waals surface area contributed by atoms with E-state index in [-0.39, 0.29) is 30.3 Å². The number of ether oxygens (including phenoxy) is 1. The molecule has 9 heteroatoms. The number of hydrogen-bond acceptors (Lipinski definition) is 6. The highest BCUT2D eigenvalue weighted by Crippen LogP contribution is 2.62. The molecular weight excluding hydrogens is 546 g/mol. The first kappa shape index (κ1) is 26.7. The Balaban J connectivity index is 1.58. The zero-order chi connectivity index (χ0) is 30.0. The Morgan fingerprint density at radius 2 is 1.60 bits per heavy atom. The lowest BCUT2D eigenvalue weighted by molar-refractivity contribution is -0.133. The van der Waals surface area contributed by atoms with E-state index in [2.05, 4.69) is 0 Å². The van der Waals surface area contributed by atoms with Crippen LogP contribution in [0, 0.1) is 5.92 Å². The first-order chi connectivity index (χ1) is 20.8. The highest BCUT2D eigenvalue weighted by atomic mass is 16.5. The molecule has 2 heterocycles. The van der Waals surface area contributed by atoms with Gasteiger partial charge in [0, 0.05) is 36.1 Å². The number of carbonyl (C=O) groups is 2. The number of ketones is 2. The first-order valence-electron chi connectivity index (χ1n) is 14.2. The largest absolute Gasteiger partial charge is 0.508 e. The number of hydrogen-bond donors (Lipinski definition) is 1. The lowest BCUT2D eigenvalue weighted by Gasteiger charge is -2.54. The van der Waals surface area contributed by atoms with Crippen molar-refractivity contribution in [3.63, 3.8) is 0 Å². The molecule has 2 aliphatic carbocycles. The molecule has 1 aliphatic heterocycles. The van der Waals surface area contributed by atoms with E-state index in [9.17, 15) is 24.3 Å². The Kier molecular flexibility index (Phi) is 6.02. The molecule has 1 fully saturated rings. The molecule has 4 aromatic rings. The number of aromatic nitrogens is 3. The second-order valence-corrected chi connectivity index (χ2v) is 11.3. The van der Waals surface area contributed by atoms with Crippen LogP contribution < -0.4 is 16.1 Å². The standard InChI is InChI=1S/C34H29N3O6/c1-35-32(41)36-16-15-23-27(37(36)33(35)42)19-26-31(40)25(20-9-5-3-6-10-20)18-29(39)34(26,21-11-7-4-8-12-21)30(23)24-14-13-22(38)17-28(24)43-2/h3-15,17-18,26-27,30,38H,16,19H2,1-2H3/t26-,27+,30+,34-/m0/s1. The summed E-state index contributed by atoms with van der Waals surface area (Å²) in [6.07, 6.45) is 3.50. The first-order valence-corrected chi connectivity index (χ1v) is 14.2. The number of rotatable bonds is 4. The number of nitrogens with zero attached hydrogens (tertiary/aromatic N) is 3. The summed E-state index contributed by atoms with van der Waals surface area (Å²) in [5.74, 6) is -1.74. The van der Waals surface area contributed by atoms with Crippen molar-refractivity contribution < 1.29 is 19.4 Å². The highest BCUT2D eigenvalue weighted by molar-refractivity contribution is 6.31. The zero-order valence-electron chi connectivity index (χ0n) is 23.6. The molecule has 3 aromatic carbocycles. The molecule has 43 heavy (non-hydrogen) atoms. The van der Waals surface area contributed by atoms with Crippen LogP contribution in [0.4, 0.5) is 0 Å². The third-order valence-electron chi connectivity index (χ3n) is 9.36. The highest BCUT2D eigenvalue weighted by Gasteiger charge is 2.63. The lowest BCUT2D eigenvalue weighted by Crippen LogP contribution is -2.58. The summed E-state index contributed by atoms with van der Waals surface area (Å²) in [6.45, 7) is 0.125. The minimum Gasteiger partial charge on any atom is -0.508 e. The van der Waals surface area contributed by atoms with Gasteiger partial charge >= 0.3 is 11.4 Å². The molecule has 1 aromatic heterocycles. The number of carbonyl (C=O) groups excluding carboxylic acids is 2. The van der Waals surface area contributed by atoms with Crippen LogP contribution in [0.3, 0.4) is 0 Å². The van der Waals surface area contributed by atoms with Crippen molar-refractivity contribution in [3.05, 3.63) is 134 Å². The fraction of sp³-hybridized carbons (Fsp3) is 0.235. The number of Topliss-reactive ketones (excluding diaryl/α,β-unsaturated/α-hetero) is 1. The molecule has 0 amide bonds. The third kappa shape index (κ3) is 3.64. The van der Waals surface area contributed by atoms with E-state index >= 15 is 0 Å². The number of phenols is 1. The third-order valence-corrected chi connectivity index (χ3v) is 9.36. The number of benzene rings is 3. The van der Waals surface area contributed by atoms with Crippen molar-refractivity contribution >= 4 is 17.1 Å². The van der Waals surface area contributed by atoms with Gasteiger partial charge in [0.1, 0.15) is 11.5 Å². The molecule has 4 atom stereocenters. The van der Waals surface area contributed by atoms with Gasteiger partial charge in [0.15, 0.2) is 11.6 Å². The van der Waals surface area contributed by atoms with Gasteiger partial charge in [0.2, 0.25) is 0 Å². The maximum atomic E-state index is 14.9. The molecule has 3 aliphatic rings. The molecule has 0 spiro atoms. The molecule has 216 valence electrons. The van der Waals surface area contributed by atoms with Gasteiger partial charge in [0.25, 0.3) is 0 Å². The van der Waals surface area contributed by atoms with Crippen LogP contribution in [-0.4, -0.2) is 37.7 Å². The second-order valence-electron chi connectivity index (χ2n) is 11.3. The molecule has 7 rings (SSSR count). The Morgan fingerprint density at radius 3 is 2.30 bits per heavy atom. The van der Waals surface area contributed by atoms with Crippen LogP contribution in [0.5, 0.6) is 11.5 Å². The maximum absolute atomic E-state index is 14.9. The molecule has 0 bridgehead atoms. The van der Waals surface area contributed by atoms with E-state index in [0.717, 1.165) is 10.1 Å². The van der Waals surface area contributed by atoms with E-state index in [1.54, 1.807) is 18.2 Å². The minimum atomic E-state index is -1.38. The summed E-state index contributed by atoms with van der Waals surface area (Å²) in [4.78, 5) is 56.2. The quantitative estimate of drug-likeness (QED) is 0.373. The van der Waals surface area contributed by atoms with Gasteiger partial charge in [-0.1, -0.05) is 72.8 Å². The Bertz CT molecular complexity index is 1980. The van der Waals surface area contributed by atoms with E-state index in [1.165, 1.54) is 41.7 Å². The van der Waals surface area contributed by atoms with Crippen LogP contribution in [0.15, 0.2) is 106 Å². The van der Waals surface area contributed by atoms with Crippen molar-refractivity contribution in [3.8, 4) is 11.5 Å².